The molecule has 29 heavy (non-hydrogen) atoms. The largest absolute Gasteiger partial charge is 0.503 e. The summed E-state index contributed by atoms with van der Waals surface area (Å²) < 4.78 is 16.3. The van der Waals surface area contributed by atoms with Crippen molar-refractivity contribution in [3.05, 3.63) is 59.1 Å². The fourth-order valence-corrected chi connectivity index (χ4v) is 3.84. The van der Waals surface area contributed by atoms with Gasteiger partial charge in [-0.1, -0.05) is 0 Å². The number of ether oxygens (including phenoxy) is 1. The molecule has 4 heterocycles. The number of nitrogens with zero attached hydrogens (tertiary/aromatic N) is 2. The Kier molecular flexibility index (Phi) is 5.55. The molecule has 1 amide bonds. The number of rotatable bonds is 7. The number of amides is 1. The number of ketones is 1. The Labute approximate surface area is 168 Å². The van der Waals surface area contributed by atoms with Gasteiger partial charge in [-0.05, 0) is 37.6 Å². The molecule has 1 saturated heterocycles. The summed E-state index contributed by atoms with van der Waals surface area (Å²) in [5.74, 6) is -0.450. The fourth-order valence-electron chi connectivity index (χ4n) is 3.84. The van der Waals surface area contributed by atoms with Gasteiger partial charge in [0.1, 0.15) is 17.6 Å². The number of carbonyl (C=O) groups excluding carboxylic acids is 2. The van der Waals surface area contributed by atoms with Crippen LogP contribution in [0.2, 0.25) is 0 Å². The highest BCUT2D eigenvalue weighted by Gasteiger charge is 2.45. The van der Waals surface area contributed by atoms with Gasteiger partial charge in [-0.15, -0.1) is 0 Å². The van der Waals surface area contributed by atoms with E-state index >= 15 is 0 Å². The van der Waals surface area contributed by atoms with E-state index in [9.17, 15) is 14.7 Å². The average molecular weight is 400 g/mol. The Balaban J connectivity index is 1.57. The zero-order valence-corrected chi connectivity index (χ0v) is 16.3. The lowest BCUT2D eigenvalue weighted by Crippen LogP contribution is -2.39. The maximum absolute atomic E-state index is 13.0. The molecule has 2 aromatic rings. The first kappa shape index (κ1) is 19.5. The summed E-state index contributed by atoms with van der Waals surface area (Å²) >= 11 is 0. The third-order valence-corrected chi connectivity index (χ3v) is 5.30. The Morgan fingerprint density at radius 3 is 2.66 bits per heavy atom. The van der Waals surface area contributed by atoms with Crippen LogP contribution in [0.1, 0.15) is 34.5 Å². The summed E-state index contributed by atoms with van der Waals surface area (Å²) in [6, 6.07) is 5.83. The molecule has 0 saturated carbocycles. The average Bonchev–Trinajstić information content (AvgIpc) is 3.45. The molecular weight excluding hydrogens is 376 g/mol. The number of aryl methyl sites for hydroxylation is 1. The summed E-state index contributed by atoms with van der Waals surface area (Å²) in [6.45, 7) is 6.13. The standard InChI is InChI=1S/C21H24N2O6/c1-14-5-6-15(29-14)18-17(19(24)16-4-2-11-28-16)20(25)21(26)23(18)8-3-7-22-9-12-27-13-10-22/h2,4-6,11,18,25H,3,7-10,12-13H2,1H3/t18-/m0/s1. The van der Waals surface area contributed by atoms with E-state index in [4.69, 9.17) is 13.6 Å². The first-order valence-electron chi connectivity index (χ1n) is 9.75. The van der Waals surface area contributed by atoms with Crippen molar-refractivity contribution in [3.63, 3.8) is 0 Å². The molecule has 0 spiro atoms. The van der Waals surface area contributed by atoms with Gasteiger partial charge in [-0.2, -0.15) is 0 Å². The van der Waals surface area contributed by atoms with Crippen molar-refractivity contribution in [3.8, 4) is 0 Å². The summed E-state index contributed by atoms with van der Waals surface area (Å²) in [7, 11) is 0. The van der Waals surface area contributed by atoms with E-state index in [2.05, 4.69) is 4.90 Å². The lowest BCUT2D eigenvalue weighted by atomic mass is 9.99. The lowest BCUT2D eigenvalue weighted by molar-refractivity contribution is -0.129. The van der Waals surface area contributed by atoms with Crippen LogP contribution in [0.4, 0.5) is 0 Å². The van der Waals surface area contributed by atoms with E-state index in [0.717, 1.165) is 19.6 Å². The van der Waals surface area contributed by atoms with Crippen LogP contribution in [-0.4, -0.2) is 66.0 Å². The second-order valence-electron chi connectivity index (χ2n) is 7.23. The van der Waals surface area contributed by atoms with E-state index < -0.39 is 23.5 Å². The fraction of sp³-hybridized carbons (Fsp3) is 0.429. The van der Waals surface area contributed by atoms with Crippen LogP contribution >= 0.6 is 0 Å². The van der Waals surface area contributed by atoms with Crippen LogP contribution in [0.25, 0.3) is 0 Å². The van der Waals surface area contributed by atoms with E-state index in [1.807, 2.05) is 0 Å². The van der Waals surface area contributed by atoms with Crippen LogP contribution in [0.15, 0.2) is 50.7 Å². The third-order valence-electron chi connectivity index (χ3n) is 5.30. The smallest absolute Gasteiger partial charge is 0.290 e. The first-order valence-corrected chi connectivity index (χ1v) is 9.75. The van der Waals surface area contributed by atoms with Gasteiger partial charge < -0.3 is 23.6 Å². The number of aliphatic hydroxyl groups is 1. The normalized spacial score (nSPS) is 20.7. The number of furan rings is 2. The number of carbonyl (C=O) groups is 2. The van der Waals surface area contributed by atoms with Crippen molar-refractivity contribution in [1.29, 1.82) is 0 Å². The molecule has 0 bridgehead atoms. The van der Waals surface area contributed by atoms with Gasteiger partial charge in [0.25, 0.3) is 5.91 Å². The summed E-state index contributed by atoms with van der Waals surface area (Å²) in [5.41, 5.74) is -0.00864. The van der Waals surface area contributed by atoms with E-state index in [1.54, 1.807) is 25.1 Å². The zero-order valence-electron chi connectivity index (χ0n) is 16.3. The second kappa shape index (κ2) is 8.26. The van der Waals surface area contributed by atoms with Gasteiger partial charge in [0, 0.05) is 26.2 Å². The second-order valence-corrected chi connectivity index (χ2v) is 7.23. The van der Waals surface area contributed by atoms with Crippen molar-refractivity contribution < 1.29 is 28.3 Å². The molecule has 1 N–H and O–H groups in total. The monoisotopic (exact) mass is 400 g/mol. The summed E-state index contributed by atoms with van der Waals surface area (Å²) in [4.78, 5) is 29.6. The Morgan fingerprint density at radius 1 is 1.21 bits per heavy atom. The van der Waals surface area contributed by atoms with Gasteiger partial charge in [0.15, 0.2) is 11.5 Å². The van der Waals surface area contributed by atoms with Crippen LogP contribution in [0.3, 0.4) is 0 Å². The van der Waals surface area contributed by atoms with Crippen LogP contribution in [0.5, 0.6) is 0 Å². The van der Waals surface area contributed by atoms with Crippen LogP contribution < -0.4 is 0 Å². The molecular formula is C21H24N2O6. The van der Waals surface area contributed by atoms with Crippen molar-refractivity contribution in [2.75, 3.05) is 39.4 Å². The highest BCUT2D eigenvalue weighted by atomic mass is 16.5. The summed E-state index contributed by atoms with van der Waals surface area (Å²) in [5, 5.41) is 10.5. The van der Waals surface area contributed by atoms with Crippen molar-refractivity contribution >= 4 is 11.7 Å². The number of morpholine rings is 1. The zero-order chi connectivity index (χ0) is 20.4. The molecule has 2 aromatic heterocycles. The molecule has 8 nitrogen and oxygen atoms in total. The van der Waals surface area contributed by atoms with E-state index in [0.29, 0.717) is 37.7 Å². The highest BCUT2D eigenvalue weighted by Crippen LogP contribution is 2.39. The van der Waals surface area contributed by atoms with Gasteiger partial charge in [0.2, 0.25) is 5.78 Å². The van der Waals surface area contributed by atoms with Gasteiger partial charge in [0.05, 0.1) is 25.1 Å². The predicted molar refractivity (Wildman–Crippen MR) is 102 cm³/mol. The van der Waals surface area contributed by atoms with Crippen molar-refractivity contribution in [2.45, 2.75) is 19.4 Å². The number of hydrogen-bond donors (Lipinski definition) is 1. The molecule has 4 rings (SSSR count). The molecule has 1 atom stereocenters. The van der Waals surface area contributed by atoms with E-state index in [-0.39, 0.29) is 11.3 Å². The Bertz CT molecular complexity index is 908. The van der Waals surface area contributed by atoms with Crippen molar-refractivity contribution in [1.82, 2.24) is 9.80 Å². The molecule has 0 aromatic carbocycles. The van der Waals surface area contributed by atoms with Gasteiger partial charge >= 0.3 is 0 Å². The third kappa shape index (κ3) is 3.86. The molecule has 0 unspecified atom stereocenters. The SMILES string of the molecule is Cc1ccc([C@H]2C(C(=O)c3ccco3)=C(O)C(=O)N2CCCN2CCOCC2)o1. The lowest BCUT2D eigenvalue weighted by Gasteiger charge is -2.29. The Morgan fingerprint density at radius 2 is 2.00 bits per heavy atom. The molecule has 0 radical (unpaired) electrons. The number of hydrogen-bond acceptors (Lipinski definition) is 7. The molecule has 1 fully saturated rings. The molecule has 2 aliphatic heterocycles. The van der Waals surface area contributed by atoms with Crippen LogP contribution in [-0.2, 0) is 9.53 Å². The van der Waals surface area contributed by atoms with E-state index in [1.165, 1.54) is 17.2 Å². The van der Waals surface area contributed by atoms with Gasteiger partial charge in [-0.25, -0.2) is 0 Å². The number of Topliss-reactive ketones (excluding diaryl/α,β-unsaturated/α-hetero) is 1. The Hall–Kier alpha value is -2.84. The summed E-state index contributed by atoms with van der Waals surface area (Å²) in [6.07, 6.45) is 2.09. The quantitative estimate of drug-likeness (QED) is 0.713. The predicted octanol–water partition coefficient (Wildman–Crippen LogP) is 2.48. The topological polar surface area (TPSA) is 96.4 Å². The van der Waals surface area contributed by atoms with Crippen LogP contribution in [0, 0.1) is 6.92 Å². The van der Waals surface area contributed by atoms with Crippen molar-refractivity contribution in [2.24, 2.45) is 0 Å². The minimum absolute atomic E-state index is 0.00864. The minimum atomic E-state index is -0.779. The molecule has 8 heteroatoms. The van der Waals surface area contributed by atoms with Gasteiger partial charge in [-0.3, -0.25) is 14.5 Å². The highest BCUT2D eigenvalue weighted by molar-refractivity contribution is 6.14. The minimum Gasteiger partial charge on any atom is -0.503 e. The first-order chi connectivity index (χ1) is 14.1. The maximum atomic E-state index is 13.0. The number of aliphatic hydroxyl groups excluding tert-OH is 1. The molecule has 154 valence electrons. The molecule has 0 aliphatic carbocycles. The maximum Gasteiger partial charge on any atom is 0.290 e. The molecule has 2 aliphatic rings.